The molecule has 60 valence electrons. The molecule has 0 aromatic heterocycles. The van der Waals surface area contributed by atoms with Crippen molar-refractivity contribution in [3.63, 3.8) is 0 Å². The molecule has 2 heteroatoms. The fraction of sp³-hybridized carbons (Fsp3) is 1.00. The van der Waals surface area contributed by atoms with E-state index in [0.29, 0.717) is 0 Å². The fourth-order valence-corrected chi connectivity index (χ4v) is 0.939. The Labute approximate surface area is 62.6 Å². The van der Waals surface area contributed by atoms with Crippen molar-refractivity contribution >= 4 is 0 Å². The van der Waals surface area contributed by atoms with E-state index in [1.54, 1.807) is 0 Å². The highest BCUT2D eigenvalue weighted by Gasteiger charge is 2.19. The third-order valence-electron chi connectivity index (χ3n) is 1.87. The summed E-state index contributed by atoms with van der Waals surface area (Å²) in [6.07, 6.45) is 3.54. The van der Waals surface area contributed by atoms with Crippen LogP contribution in [0.1, 0.15) is 26.2 Å². The number of hydrogen-bond donors (Lipinski definition) is 2. The molecule has 10 heavy (non-hydrogen) atoms. The van der Waals surface area contributed by atoms with Gasteiger partial charge in [0.1, 0.15) is 0 Å². The van der Waals surface area contributed by atoms with Crippen LogP contribution in [0.25, 0.3) is 0 Å². The lowest BCUT2D eigenvalue weighted by atomic mass is 10.3. The Morgan fingerprint density at radius 2 is 2.30 bits per heavy atom. The van der Waals surface area contributed by atoms with Crippen LogP contribution >= 0.6 is 0 Å². The molecular formula is C8H17NO. The summed E-state index contributed by atoms with van der Waals surface area (Å²) in [5.74, 6) is 0.953. The SMILES string of the molecule is C[C@H](O)CCNCC1CC1. The Bertz CT molecular complexity index is 85.3. The van der Waals surface area contributed by atoms with Crippen LogP contribution in [0.3, 0.4) is 0 Å². The predicted molar refractivity (Wildman–Crippen MR) is 41.9 cm³/mol. The number of aliphatic hydroxyl groups is 1. The lowest BCUT2D eigenvalue weighted by Gasteiger charge is -2.04. The molecule has 0 spiro atoms. The summed E-state index contributed by atoms with van der Waals surface area (Å²) in [4.78, 5) is 0. The number of hydrogen-bond acceptors (Lipinski definition) is 2. The zero-order valence-corrected chi connectivity index (χ0v) is 6.64. The molecule has 0 unspecified atom stereocenters. The molecule has 1 atom stereocenters. The number of aliphatic hydroxyl groups excluding tert-OH is 1. The van der Waals surface area contributed by atoms with Crippen molar-refractivity contribution in [3.05, 3.63) is 0 Å². The molecule has 0 bridgehead atoms. The molecule has 1 saturated carbocycles. The van der Waals surface area contributed by atoms with Crippen LogP contribution in [-0.2, 0) is 0 Å². The Balaban J connectivity index is 1.76. The maximum absolute atomic E-state index is 8.89. The molecule has 2 nitrogen and oxygen atoms in total. The average Bonchev–Trinajstić information content (AvgIpc) is 2.62. The number of nitrogens with one attached hydrogen (secondary N) is 1. The van der Waals surface area contributed by atoms with E-state index in [2.05, 4.69) is 5.32 Å². The zero-order valence-electron chi connectivity index (χ0n) is 6.64. The highest BCUT2D eigenvalue weighted by molar-refractivity contribution is 4.75. The molecule has 1 aliphatic rings. The Hall–Kier alpha value is -0.0800. The number of rotatable bonds is 5. The molecule has 1 fully saturated rings. The second kappa shape index (κ2) is 3.94. The first-order valence-corrected chi connectivity index (χ1v) is 4.18. The van der Waals surface area contributed by atoms with Gasteiger partial charge < -0.3 is 10.4 Å². The van der Waals surface area contributed by atoms with E-state index in [1.165, 1.54) is 12.8 Å². The molecule has 0 aromatic carbocycles. The first kappa shape index (κ1) is 8.02. The molecule has 0 aliphatic heterocycles. The third kappa shape index (κ3) is 3.85. The summed E-state index contributed by atoms with van der Waals surface area (Å²) >= 11 is 0. The van der Waals surface area contributed by atoms with Gasteiger partial charge in [-0.15, -0.1) is 0 Å². The fourth-order valence-electron chi connectivity index (χ4n) is 0.939. The van der Waals surface area contributed by atoms with Gasteiger partial charge in [-0.05, 0) is 45.2 Å². The van der Waals surface area contributed by atoms with Crippen LogP contribution in [0.2, 0.25) is 0 Å². The van der Waals surface area contributed by atoms with Gasteiger partial charge in [0.25, 0.3) is 0 Å². The van der Waals surface area contributed by atoms with Crippen molar-refractivity contribution < 1.29 is 5.11 Å². The van der Waals surface area contributed by atoms with Gasteiger partial charge in [-0.2, -0.15) is 0 Å². The van der Waals surface area contributed by atoms with Crippen LogP contribution in [0, 0.1) is 5.92 Å². The quantitative estimate of drug-likeness (QED) is 0.557. The first-order valence-electron chi connectivity index (χ1n) is 4.18. The van der Waals surface area contributed by atoms with E-state index in [-0.39, 0.29) is 6.10 Å². The minimum atomic E-state index is -0.147. The summed E-state index contributed by atoms with van der Waals surface area (Å²) in [5, 5.41) is 12.2. The Morgan fingerprint density at radius 1 is 1.60 bits per heavy atom. The molecule has 1 rings (SSSR count). The van der Waals surface area contributed by atoms with Gasteiger partial charge in [-0.3, -0.25) is 0 Å². The van der Waals surface area contributed by atoms with E-state index in [1.807, 2.05) is 6.92 Å². The monoisotopic (exact) mass is 143 g/mol. The second-order valence-corrected chi connectivity index (χ2v) is 3.29. The molecule has 0 aromatic rings. The van der Waals surface area contributed by atoms with Gasteiger partial charge in [0.15, 0.2) is 0 Å². The smallest absolute Gasteiger partial charge is 0.0524 e. The summed E-state index contributed by atoms with van der Waals surface area (Å²) in [5.41, 5.74) is 0. The van der Waals surface area contributed by atoms with Crippen LogP contribution in [0.15, 0.2) is 0 Å². The summed E-state index contributed by atoms with van der Waals surface area (Å²) in [6, 6.07) is 0. The Morgan fingerprint density at radius 3 is 2.80 bits per heavy atom. The summed E-state index contributed by atoms with van der Waals surface area (Å²) in [6.45, 7) is 3.96. The molecular weight excluding hydrogens is 126 g/mol. The van der Waals surface area contributed by atoms with Gasteiger partial charge >= 0.3 is 0 Å². The average molecular weight is 143 g/mol. The normalized spacial score (nSPS) is 21.0. The van der Waals surface area contributed by atoms with Crippen molar-refractivity contribution in [1.29, 1.82) is 0 Å². The van der Waals surface area contributed by atoms with Crippen LogP contribution in [0.4, 0.5) is 0 Å². The standard InChI is InChI=1S/C8H17NO/c1-7(10)4-5-9-6-8-2-3-8/h7-10H,2-6H2,1H3/t7-/m0/s1. The van der Waals surface area contributed by atoms with Gasteiger partial charge in [0.05, 0.1) is 6.10 Å². The van der Waals surface area contributed by atoms with Crippen molar-refractivity contribution in [2.45, 2.75) is 32.3 Å². The lowest BCUT2D eigenvalue weighted by molar-refractivity contribution is 0.183. The van der Waals surface area contributed by atoms with E-state index in [0.717, 1.165) is 25.4 Å². The maximum atomic E-state index is 8.89. The third-order valence-corrected chi connectivity index (χ3v) is 1.87. The molecule has 0 saturated heterocycles. The van der Waals surface area contributed by atoms with Crippen molar-refractivity contribution in [2.24, 2.45) is 5.92 Å². The molecule has 0 amide bonds. The van der Waals surface area contributed by atoms with Gasteiger partial charge in [0, 0.05) is 0 Å². The van der Waals surface area contributed by atoms with E-state index < -0.39 is 0 Å². The molecule has 2 N–H and O–H groups in total. The largest absolute Gasteiger partial charge is 0.393 e. The minimum absolute atomic E-state index is 0.147. The zero-order chi connectivity index (χ0) is 7.40. The Kier molecular flexibility index (Phi) is 3.16. The lowest BCUT2D eigenvalue weighted by Crippen LogP contribution is -2.21. The molecule has 0 radical (unpaired) electrons. The highest BCUT2D eigenvalue weighted by atomic mass is 16.3. The molecule has 1 aliphatic carbocycles. The van der Waals surface area contributed by atoms with Crippen LogP contribution < -0.4 is 5.32 Å². The van der Waals surface area contributed by atoms with Crippen molar-refractivity contribution in [1.82, 2.24) is 5.32 Å². The summed E-state index contributed by atoms with van der Waals surface area (Å²) < 4.78 is 0. The van der Waals surface area contributed by atoms with E-state index >= 15 is 0 Å². The van der Waals surface area contributed by atoms with E-state index in [9.17, 15) is 0 Å². The first-order chi connectivity index (χ1) is 4.79. The van der Waals surface area contributed by atoms with E-state index in [4.69, 9.17) is 5.11 Å². The van der Waals surface area contributed by atoms with Crippen LogP contribution in [0.5, 0.6) is 0 Å². The highest BCUT2D eigenvalue weighted by Crippen LogP contribution is 2.27. The predicted octanol–water partition coefficient (Wildman–Crippen LogP) is 0.757. The van der Waals surface area contributed by atoms with Crippen LogP contribution in [-0.4, -0.2) is 24.3 Å². The second-order valence-electron chi connectivity index (χ2n) is 3.29. The van der Waals surface area contributed by atoms with Crippen molar-refractivity contribution in [2.75, 3.05) is 13.1 Å². The molecule has 0 heterocycles. The summed E-state index contributed by atoms with van der Waals surface area (Å²) in [7, 11) is 0. The minimum Gasteiger partial charge on any atom is -0.393 e. The van der Waals surface area contributed by atoms with Gasteiger partial charge in [0.2, 0.25) is 0 Å². The van der Waals surface area contributed by atoms with Crippen molar-refractivity contribution in [3.8, 4) is 0 Å². The van der Waals surface area contributed by atoms with Gasteiger partial charge in [-0.1, -0.05) is 0 Å². The van der Waals surface area contributed by atoms with Gasteiger partial charge in [-0.25, -0.2) is 0 Å². The topological polar surface area (TPSA) is 32.3 Å². The maximum Gasteiger partial charge on any atom is 0.0524 e.